The molecule has 0 N–H and O–H groups in total. The van der Waals surface area contributed by atoms with Gasteiger partial charge in [0.05, 0.1) is 11.0 Å². The van der Waals surface area contributed by atoms with Crippen LogP contribution >= 0.6 is 11.6 Å². The molecular weight excluding hydrogens is 384 g/mol. The van der Waals surface area contributed by atoms with Gasteiger partial charge in [0.15, 0.2) is 6.61 Å². The second kappa shape index (κ2) is 8.39. The lowest BCUT2D eigenvalue weighted by Crippen LogP contribution is -2.36. The minimum Gasteiger partial charge on any atom is -0.452 e. The fourth-order valence-corrected chi connectivity index (χ4v) is 3.61. The molecule has 146 valence electrons. The van der Waals surface area contributed by atoms with E-state index in [1.54, 1.807) is 11.9 Å². The molecule has 8 heteroatoms. The average molecular weight is 403 g/mol. The number of rotatable bonds is 5. The third kappa shape index (κ3) is 4.14. The van der Waals surface area contributed by atoms with E-state index in [9.17, 15) is 19.7 Å². The Kier molecular flexibility index (Phi) is 5.94. The van der Waals surface area contributed by atoms with Crippen LogP contribution in [0, 0.1) is 10.1 Å². The van der Waals surface area contributed by atoms with Crippen molar-refractivity contribution in [3.8, 4) is 0 Å². The summed E-state index contributed by atoms with van der Waals surface area (Å²) in [6.07, 6.45) is 2.77. The van der Waals surface area contributed by atoms with Crippen LogP contribution in [-0.2, 0) is 16.0 Å². The van der Waals surface area contributed by atoms with E-state index in [1.807, 2.05) is 18.2 Å². The van der Waals surface area contributed by atoms with Crippen molar-refractivity contribution in [2.24, 2.45) is 0 Å². The molecule has 0 fully saturated rings. The van der Waals surface area contributed by atoms with E-state index < -0.39 is 23.2 Å². The normalized spacial score (nSPS) is 15.4. The highest BCUT2D eigenvalue weighted by atomic mass is 35.5. The number of esters is 1. The number of carbonyl (C=O) groups is 2. The highest BCUT2D eigenvalue weighted by Crippen LogP contribution is 2.33. The van der Waals surface area contributed by atoms with E-state index in [0.29, 0.717) is 0 Å². The Hall–Kier alpha value is -2.93. The molecule has 1 aliphatic carbocycles. The monoisotopic (exact) mass is 402 g/mol. The van der Waals surface area contributed by atoms with Crippen molar-refractivity contribution in [2.75, 3.05) is 13.7 Å². The molecule has 3 rings (SSSR count). The topological polar surface area (TPSA) is 89.8 Å². The summed E-state index contributed by atoms with van der Waals surface area (Å²) in [5.41, 5.74) is 1.61. The first kappa shape index (κ1) is 19.8. The van der Waals surface area contributed by atoms with Crippen LogP contribution in [0.4, 0.5) is 5.69 Å². The molecule has 1 atom stereocenters. The Morgan fingerprint density at radius 3 is 2.79 bits per heavy atom. The Labute approximate surface area is 167 Å². The van der Waals surface area contributed by atoms with E-state index in [1.165, 1.54) is 17.7 Å². The van der Waals surface area contributed by atoms with Crippen LogP contribution < -0.4 is 0 Å². The number of ether oxygens (including phenoxy) is 1. The molecule has 2 aromatic carbocycles. The molecule has 1 amide bonds. The van der Waals surface area contributed by atoms with Gasteiger partial charge in [-0.2, -0.15) is 0 Å². The zero-order chi connectivity index (χ0) is 20.3. The number of carbonyl (C=O) groups excluding carboxylic acids is 2. The first-order chi connectivity index (χ1) is 13.4. The fourth-order valence-electron chi connectivity index (χ4n) is 3.44. The van der Waals surface area contributed by atoms with Crippen LogP contribution in [0.3, 0.4) is 0 Å². The average Bonchev–Trinajstić information content (AvgIpc) is 2.70. The number of halogens is 1. The first-order valence-electron chi connectivity index (χ1n) is 8.83. The quantitative estimate of drug-likeness (QED) is 0.429. The van der Waals surface area contributed by atoms with Crippen LogP contribution in [0.1, 0.15) is 40.4 Å². The summed E-state index contributed by atoms with van der Waals surface area (Å²) in [5, 5.41) is 11.2. The SMILES string of the molecule is CN(C(=O)COC(=O)c1ccc(Cl)cc1[N+](=O)[O-])C1CCCc2ccccc21. The molecule has 28 heavy (non-hydrogen) atoms. The summed E-state index contributed by atoms with van der Waals surface area (Å²) in [4.78, 5) is 36.8. The van der Waals surface area contributed by atoms with Gasteiger partial charge in [-0.15, -0.1) is 0 Å². The Balaban J connectivity index is 1.68. The van der Waals surface area contributed by atoms with E-state index >= 15 is 0 Å². The molecule has 0 saturated carbocycles. The lowest BCUT2D eigenvalue weighted by Gasteiger charge is -2.33. The number of hydrogen-bond acceptors (Lipinski definition) is 5. The molecule has 0 aliphatic heterocycles. The third-order valence-corrected chi connectivity index (χ3v) is 5.14. The summed E-state index contributed by atoms with van der Waals surface area (Å²) in [5.74, 6) is -1.30. The number of nitro benzene ring substituents is 1. The van der Waals surface area contributed by atoms with Crippen LogP contribution in [0.2, 0.25) is 5.02 Å². The van der Waals surface area contributed by atoms with E-state index in [0.717, 1.165) is 30.9 Å². The van der Waals surface area contributed by atoms with Gasteiger partial charge in [0, 0.05) is 18.1 Å². The van der Waals surface area contributed by atoms with Gasteiger partial charge in [0.25, 0.3) is 11.6 Å². The zero-order valence-corrected chi connectivity index (χ0v) is 16.0. The number of aryl methyl sites for hydroxylation is 1. The van der Waals surface area contributed by atoms with E-state index in [-0.39, 0.29) is 22.5 Å². The van der Waals surface area contributed by atoms with Crippen molar-refractivity contribution in [2.45, 2.75) is 25.3 Å². The van der Waals surface area contributed by atoms with Gasteiger partial charge in [-0.05, 0) is 42.5 Å². The van der Waals surface area contributed by atoms with Crippen molar-refractivity contribution >= 4 is 29.2 Å². The molecule has 0 bridgehead atoms. The summed E-state index contributed by atoms with van der Waals surface area (Å²) in [6, 6.07) is 11.5. The Morgan fingerprint density at radius 2 is 2.04 bits per heavy atom. The van der Waals surface area contributed by atoms with Crippen molar-refractivity contribution < 1.29 is 19.2 Å². The van der Waals surface area contributed by atoms with Crippen LogP contribution in [0.15, 0.2) is 42.5 Å². The van der Waals surface area contributed by atoms with Gasteiger partial charge in [-0.3, -0.25) is 14.9 Å². The lowest BCUT2D eigenvalue weighted by molar-refractivity contribution is -0.385. The molecule has 7 nitrogen and oxygen atoms in total. The molecular formula is C20H19ClN2O5. The lowest BCUT2D eigenvalue weighted by atomic mass is 9.87. The maximum atomic E-state index is 12.6. The molecule has 0 heterocycles. The molecule has 0 aromatic heterocycles. The first-order valence-corrected chi connectivity index (χ1v) is 9.21. The molecule has 2 aromatic rings. The highest BCUT2D eigenvalue weighted by Gasteiger charge is 2.28. The van der Waals surface area contributed by atoms with Crippen molar-refractivity contribution in [3.05, 3.63) is 74.3 Å². The van der Waals surface area contributed by atoms with Crippen LogP contribution in [0.25, 0.3) is 0 Å². The maximum Gasteiger partial charge on any atom is 0.345 e. The fraction of sp³-hybridized carbons (Fsp3) is 0.300. The Bertz CT molecular complexity index is 931. The van der Waals surface area contributed by atoms with E-state index in [4.69, 9.17) is 16.3 Å². The highest BCUT2D eigenvalue weighted by molar-refractivity contribution is 6.31. The minimum absolute atomic E-state index is 0.0824. The van der Waals surface area contributed by atoms with Crippen molar-refractivity contribution in [3.63, 3.8) is 0 Å². The van der Waals surface area contributed by atoms with Gasteiger partial charge in [-0.25, -0.2) is 4.79 Å². The van der Waals surface area contributed by atoms with Crippen LogP contribution in [0.5, 0.6) is 0 Å². The summed E-state index contributed by atoms with van der Waals surface area (Å²) in [7, 11) is 1.67. The summed E-state index contributed by atoms with van der Waals surface area (Å²) >= 11 is 5.74. The standard InChI is InChI=1S/C20H19ClN2O5/c1-22(17-8-4-6-13-5-2-3-7-15(13)17)19(24)12-28-20(25)16-10-9-14(21)11-18(16)23(26)27/h2-3,5,7,9-11,17H,4,6,8,12H2,1H3. The molecule has 1 unspecified atom stereocenters. The second-order valence-corrected chi connectivity index (χ2v) is 7.04. The predicted molar refractivity (Wildman–Crippen MR) is 103 cm³/mol. The maximum absolute atomic E-state index is 12.6. The number of benzene rings is 2. The molecule has 0 spiro atoms. The number of likely N-dealkylation sites (N-methyl/N-ethyl adjacent to an activating group) is 1. The van der Waals surface area contributed by atoms with Crippen LogP contribution in [-0.4, -0.2) is 35.4 Å². The number of fused-ring (bicyclic) bond motifs is 1. The minimum atomic E-state index is -0.936. The number of nitro groups is 1. The Morgan fingerprint density at radius 1 is 1.29 bits per heavy atom. The number of hydrogen-bond donors (Lipinski definition) is 0. The molecule has 0 saturated heterocycles. The summed E-state index contributed by atoms with van der Waals surface area (Å²) < 4.78 is 5.04. The second-order valence-electron chi connectivity index (χ2n) is 6.61. The smallest absolute Gasteiger partial charge is 0.345 e. The molecule has 1 aliphatic rings. The number of nitrogens with zero attached hydrogens (tertiary/aromatic N) is 2. The van der Waals surface area contributed by atoms with Gasteiger partial charge in [0.2, 0.25) is 0 Å². The van der Waals surface area contributed by atoms with Gasteiger partial charge < -0.3 is 9.64 Å². The van der Waals surface area contributed by atoms with E-state index in [2.05, 4.69) is 6.07 Å². The predicted octanol–water partition coefficient (Wildman–Crippen LogP) is 3.94. The van der Waals surface area contributed by atoms with Gasteiger partial charge in [0.1, 0.15) is 5.56 Å². The number of amides is 1. The largest absolute Gasteiger partial charge is 0.452 e. The third-order valence-electron chi connectivity index (χ3n) is 4.90. The zero-order valence-electron chi connectivity index (χ0n) is 15.3. The van der Waals surface area contributed by atoms with Crippen molar-refractivity contribution in [1.29, 1.82) is 0 Å². The molecule has 0 radical (unpaired) electrons. The van der Waals surface area contributed by atoms with Gasteiger partial charge in [-0.1, -0.05) is 35.9 Å². The van der Waals surface area contributed by atoms with Crippen molar-refractivity contribution in [1.82, 2.24) is 4.90 Å². The summed E-state index contributed by atoms with van der Waals surface area (Å²) in [6.45, 7) is -0.492. The van der Waals surface area contributed by atoms with Gasteiger partial charge >= 0.3 is 5.97 Å².